The minimum Gasteiger partial charge on any atom is -0.377 e. The van der Waals surface area contributed by atoms with Gasteiger partial charge in [-0.25, -0.2) is 0 Å². The molecule has 0 amide bonds. The van der Waals surface area contributed by atoms with Crippen LogP contribution >= 0.6 is 0 Å². The molecule has 1 heterocycles. The van der Waals surface area contributed by atoms with Crippen LogP contribution in [0.2, 0.25) is 0 Å². The Bertz CT molecular complexity index is 369. The van der Waals surface area contributed by atoms with E-state index < -0.39 is 0 Å². The van der Waals surface area contributed by atoms with E-state index in [-0.39, 0.29) is 6.04 Å². The smallest absolute Gasteiger partial charge is 0.0700 e. The van der Waals surface area contributed by atoms with Crippen molar-refractivity contribution < 1.29 is 4.74 Å². The van der Waals surface area contributed by atoms with E-state index in [1.807, 2.05) is 0 Å². The summed E-state index contributed by atoms with van der Waals surface area (Å²) < 4.78 is 5.63. The highest BCUT2D eigenvalue weighted by atomic mass is 16.5. The molecule has 3 heteroatoms. The zero-order valence-corrected chi connectivity index (χ0v) is 12.1. The average Bonchev–Trinajstić information content (AvgIpc) is 2.93. The molecule has 0 aliphatic carbocycles. The van der Waals surface area contributed by atoms with E-state index >= 15 is 0 Å². The molecule has 1 aliphatic heterocycles. The molecule has 0 spiro atoms. The Labute approximate surface area is 116 Å². The van der Waals surface area contributed by atoms with Crippen LogP contribution in [0.5, 0.6) is 0 Å². The van der Waals surface area contributed by atoms with E-state index in [1.54, 1.807) is 0 Å². The van der Waals surface area contributed by atoms with Crippen LogP contribution in [0.25, 0.3) is 0 Å². The van der Waals surface area contributed by atoms with Crippen molar-refractivity contribution in [2.24, 2.45) is 5.73 Å². The van der Waals surface area contributed by atoms with Crippen molar-refractivity contribution in [1.29, 1.82) is 0 Å². The van der Waals surface area contributed by atoms with E-state index in [0.717, 1.165) is 19.6 Å². The maximum Gasteiger partial charge on any atom is 0.0700 e. The van der Waals surface area contributed by atoms with Crippen LogP contribution < -0.4 is 11.1 Å². The largest absolute Gasteiger partial charge is 0.377 e. The summed E-state index contributed by atoms with van der Waals surface area (Å²) >= 11 is 0. The molecular weight excluding hydrogens is 236 g/mol. The summed E-state index contributed by atoms with van der Waals surface area (Å²) in [5, 5.41) is 3.53. The van der Waals surface area contributed by atoms with Crippen LogP contribution in [-0.2, 0) is 4.74 Å². The molecule has 3 nitrogen and oxygen atoms in total. The maximum atomic E-state index is 5.88. The Balaban J connectivity index is 1.92. The van der Waals surface area contributed by atoms with Gasteiger partial charge in [0, 0.05) is 25.7 Å². The highest BCUT2D eigenvalue weighted by molar-refractivity contribution is 5.27. The third-order valence-corrected chi connectivity index (χ3v) is 3.86. The van der Waals surface area contributed by atoms with E-state index in [9.17, 15) is 0 Å². The Hall–Kier alpha value is -0.900. The molecule has 1 aromatic rings. The maximum absolute atomic E-state index is 5.88. The molecule has 19 heavy (non-hydrogen) atoms. The van der Waals surface area contributed by atoms with E-state index in [2.05, 4.69) is 43.4 Å². The molecule has 2 unspecified atom stereocenters. The Morgan fingerprint density at radius 3 is 2.47 bits per heavy atom. The van der Waals surface area contributed by atoms with Crippen molar-refractivity contribution in [2.45, 2.75) is 44.8 Å². The molecule has 2 rings (SSSR count). The summed E-state index contributed by atoms with van der Waals surface area (Å²) in [6.45, 7) is 6.85. The van der Waals surface area contributed by atoms with Gasteiger partial charge in [0.05, 0.1) is 6.10 Å². The van der Waals surface area contributed by atoms with Crippen LogP contribution in [-0.4, -0.2) is 25.8 Å². The summed E-state index contributed by atoms with van der Waals surface area (Å²) in [7, 11) is 0. The molecule has 106 valence electrons. The fourth-order valence-electron chi connectivity index (χ4n) is 2.53. The van der Waals surface area contributed by atoms with Gasteiger partial charge >= 0.3 is 0 Å². The van der Waals surface area contributed by atoms with Crippen molar-refractivity contribution in [1.82, 2.24) is 5.32 Å². The van der Waals surface area contributed by atoms with Crippen molar-refractivity contribution in [3.05, 3.63) is 35.4 Å². The van der Waals surface area contributed by atoms with Crippen LogP contribution in [0.3, 0.4) is 0 Å². The highest BCUT2D eigenvalue weighted by Gasteiger charge is 2.17. The molecule has 0 bridgehead atoms. The molecule has 2 atom stereocenters. The van der Waals surface area contributed by atoms with Gasteiger partial charge in [0.25, 0.3) is 0 Å². The Morgan fingerprint density at radius 2 is 1.95 bits per heavy atom. The highest BCUT2D eigenvalue weighted by Crippen LogP contribution is 2.19. The summed E-state index contributed by atoms with van der Waals surface area (Å²) in [4.78, 5) is 0. The number of benzene rings is 1. The van der Waals surface area contributed by atoms with Gasteiger partial charge in [-0.3, -0.25) is 0 Å². The number of nitrogens with two attached hydrogens (primary N) is 1. The summed E-state index contributed by atoms with van der Waals surface area (Å²) in [5.41, 5.74) is 8.53. The zero-order chi connectivity index (χ0) is 13.7. The van der Waals surface area contributed by atoms with Crippen LogP contribution in [0.1, 0.15) is 49.8 Å². The van der Waals surface area contributed by atoms with Crippen molar-refractivity contribution >= 4 is 0 Å². The van der Waals surface area contributed by atoms with E-state index in [1.165, 1.54) is 17.5 Å². The van der Waals surface area contributed by atoms with Gasteiger partial charge in [-0.05, 0) is 29.9 Å². The van der Waals surface area contributed by atoms with Gasteiger partial charge in [0.2, 0.25) is 0 Å². The third-order valence-electron chi connectivity index (χ3n) is 3.86. The SMILES string of the molecule is CC(C)c1ccc(C(CN)NCC2CCCO2)cc1. The second-order valence-corrected chi connectivity index (χ2v) is 5.65. The monoisotopic (exact) mass is 262 g/mol. The number of nitrogens with one attached hydrogen (secondary N) is 1. The standard InChI is InChI=1S/C16H26N2O/c1-12(2)13-5-7-14(8-6-13)16(10-17)18-11-15-4-3-9-19-15/h5-8,12,15-16,18H,3-4,9-11,17H2,1-2H3. The van der Waals surface area contributed by atoms with E-state index in [4.69, 9.17) is 10.5 Å². The van der Waals surface area contributed by atoms with Crippen molar-refractivity contribution in [3.63, 3.8) is 0 Å². The molecule has 1 aromatic carbocycles. The fourth-order valence-corrected chi connectivity index (χ4v) is 2.53. The lowest BCUT2D eigenvalue weighted by atomic mass is 9.99. The first-order valence-corrected chi connectivity index (χ1v) is 7.35. The second kappa shape index (κ2) is 7.04. The second-order valence-electron chi connectivity index (χ2n) is 5.65. The number of hydrogen-bond acceptors (Lipinski definition) is 3. The van der Waals surface area contributed by atoms with Gasteiger partial charge < -0.3 is 15.8 Å². The minimum atomic E-state index is 0.227. The predicted octanol–water partition coefficient (Wildman–Crippen LogP) is 2.58. The van der Waals surface area contributed by atoms with Gasteiger partial charge in [-0.15, -0.1) is 0 Å². The van der Waals surface area contributed by atoms with Gasteiger partial charge in [-0.2, -0.15) is 0 Å². The first-order valence-electron chi connectivity index (χ1n) is 7.35. The normalized spacial score (nSPS) is 20.9. The Kier molecular flexibility index (Phi) is 5.37. The topological polar surface area (TPSA) is 47.3 Å². The van der Waals surface area contributed by atoms with Gasteiger partial charge in [0.1, 0.15) is 0 Å². The lowest BCUT2D eigenvalue weighted by Gasteiger charge is -2.20. The van der Waals surface area contributed by atoms with Gasteiger partial charge in [-0.1, -0.05) is 38.1 Å². The minimum absolute atomic E-state index is 0.227. The fraction of sp³-hybridized carbons (Fsp3) is 0.625. The molecular formula is C16H26N2O. The molecule has 3 N–H and O–H groups in total. The third kappa shape index (κ3) is 4.03. The Morgan fingerprint density at radius 1 is 1.26 bits per heavy atom. The van der Waals surface area contributed by atoms with Crippen LogP contribution in [0.15, 0.2) is 24.3 Å². The summed E-state index contributed by atoms with van der Waals surface area (Å²) in [6.07, 6.45) is 2.71. The van der Waals surface area contributed by atoms with Crippen LogP contribution in [0.4, 0.5) is 0 Å². The molecule has 0 radical (unpaired) electrons. The molecule has 0 saturated carbocycles. The summed E-state index contributed by atoms with van der Waals surface area (Å²) in [6, 6.07) is 9.02. The quantitative estimate of drug-likeness (QED) is 0.828. The molecule has 1 saturated heterocycles. The zero-order valence-electron chi connectivity index (χ0n) is 12.1. The number of rotatable bonds is 6. The average molecular weight is 262 g/mol. The van der Waals surface area contributed by atoms with Crippen molar-refractivity contribution in [3.8, 4) is 0 Å². The number of ether oxygens (including phenoxy) is 1. The molecule has 1 aliphatic rings. The van der Waals surface area contributed by atoms with Crippen LogP contribution in [0, 0.1) is 0 Å². The van der Waals surface area contributed by atoms with E-state index in [0.29, 0.717) is 18.6 Å². The lowest BCUT2D eigenvalue weighted by molar-refractivity contribution is 0.107. The number of hydrogen-bond donors (Lipinski definition) is 2. The first-order chi connectivity index (χ1) is 9.20. The molecule has 0 aromatic heterocycles. The first kappa shape index (κ1) is 14.5. The van der Waals surface area contributed by atoms with Gasteiger partial charge in [0.15, 0.2) is 0 Å². The van der Waals surface area contributed by atoms with Crippen molar-refractivity contribution in [2.75, 3.05) is 19.7 Å². The summed E-state index contributed by atoms with van der Waals surface area (Å²) in [5.74, 6) is 0.574. The lowest BCUT2D eigenvalue weighted by Crippen LogP contribution is -2.34. The predicted molar refractivity (Wildman–Crippen MR) is 79.3 cm³/mol. The molecule has 1 fully saturated rings.